The molecule has 0 radical (unpaired) electrons. The SMILES string of the molecule is CS(=O)CC[C@@H](C(=O)O)N1CC(S(=O)(=O)F)CC1=O. The predicted molar refractivity (Wildman–Crippen MR) is 65.1 cm³/mol. The van der Waals surface area contributed by atoms with Gasteiger partial charge in [0.1, 0.15) is 11.3 Å². The summed E-state index contributed by atoms with van der Waals surface area (Å²) >= 11 is 0. The molecule has 1 saturated heterocycles. The topological polar surface area (TPSA) is 109 Å². The molecule has 1 amide bonds. The number of hydrogen-bond donors (Lipinski definition) is 1. The number of likely N-dealkylation sites (tertiary alicyclic amines) is 1. The number of carbonyl (C=O) groups is 2. The number of halogens is 1. The number of nitrogens with zero attached hydrogens (tertiary/aromatic N) is 1. The Morgan fingerprint density at radius 3 is 2.58 bits per heavy atom. The van der Waals surface area contributed by atoms with Crippen LogP contribution in [0.15, 0.2) is 0 Å². The van der Waals surface area contributed by atoms with Crippen LogP contribution in [-0.2, 0) is 30.6 Å². The zero-order valence-corrected chi connectivity index (χ0v) is 11.7. The summed E-state index contributed by atoms with van der Waals surface area (Å²) in [4.78, 5) is 23.5. The second-order valence-corrected chi connectivity index (χ2v) is 7.44. The van der Waals surface area contributed by atoms with Crippen LogP contribution < -0.4 is 0 Å². The van der Waals surface area contributed by atoms with Gasteiger partial charge >= 0.3 is 16.2 Å². The summed E-state index contributed by atoms with van der Waals surface area (Å²) < 4.78 is 45.2. The standard InChI is InChI=1S/C9H14FNO6S2/c1-18(15)3-2-7(9(13)14)11-5-6(4-8(11)12)19(10,16)17/h6-7H,2-5H2,1H3,(H,13,14)/t6?,7-,18?/m0/s1. The molecule has 3 atom stereocenters. The molecule has 0 saturated carbocycles. The van der Waals surface area contributed by atoms with Crippen molar-refractivity contribution in [2.24, 2.45) is 0 Å². The maximum Gasteiger partial charge on any atom is 0.326 e. The van der Waals surface area contributed by atoms with E-state index >= 15 is 0 Å². The van der Waals surface area contributed by atoms with Crippen LogP contribution in [0.5, 0.6) is 0 Å². The van der Waals surface area contributed by atoms with Crippen LogP contribution in [0.3, 0.4) is 0 Å². The van der Waals surface area contributed by atoms with Gasteiger partial charge in [-0.25, -0.2) is 4.79 Å². The molecule has 1 heterocycles. The number of hydrogen-bond acceptors (Lipinski definition) is 5. The molecule has 19 heavy (non-hydrogen) atoms. The predicted octanol–water partition coefficient (Wildman–Crippen LogP) is -0.892. The maximum absolute atomic E-state index is 12.8. The van der Waals surface area contributed by atoms with Crippen LogP contribution >= 0.6 is 0 Å². The molecule has 0 aliphatic carbocycles. The lowest BCUT2D eigenvalue weighted by Gasteiger charge is -2.24. The van der Waals surface area contributed by atoms with E-state index in [9.17, 15) is 26.1 Å². The van der Waals surface area contributed by atoms with Gasteiger partial charge in [-0.05, 0) is 6.42 Å². The number of amides is 1. The van der Waals surface area contributed by atoms with Crippen molar-refractivity contribution in [3.05, 3.63) is 0 Å². The number of rotatable bonds is 6. The van der Waals surface area contributed by atoms with E-state index in [2.05, 4.69) is 0 Å². The van der Waals surface area contributed by atoms with Crippen LogP contribution in [0.2, 0.25) is 0 Å². The summed E-state index contributed by atoms with van der Waals surface area (Å²) in [5.41, 5.74) is 0. The van der Waals surface area contributed by atoms with Crippen LogP contribution in [0.4, 0.5) is 3.89 Å². The van der Waals surface area contributed by atoms with E-state index in [-0.39, 0.29) is 12.2 Å². The Morgan fingerprint density at radius 2 is 2.21 bits per heavy atom. The molecule has 0 aromatic carbocycles. The summed E-state index contributed by atoms with van der Waals surface area (Å²) in [6, 6.07) is -1.27. The lowest BCUT2D eigenvalue weighted by Crippen LogP contribution is -2.43. The minimum absolute atomic E-state index is 0.0633. The van der Waals surface area contributed by atoms with E-state index in [0.29, 0.717) is 0 Å². The van der Waals surface area contributed by atoms with Gasteiger partial charge < -0.3 is 10.0 Å². The highest BCUT2D eigenvalue weighted by atomic mass is 32.3. The highest BCUT2D eigenvalue weighted by Gasteiger charge is 2.43. The van der Waals surface area contributed by atoms with Crippen molar-refractivity contribution >= 4 is 32.9 Å². The Balaban J connectivity index is 2.84. The third-order valence-corrected chi connectivity index (χ3v) is 4.78. The lowest BCUT2D eigenvalue weighted by molar-refractivity contribution is -0.148. The van der Waals surface area contributed by atoms with E-state index < -0.39 is 57.2 Å². The molecule has 1 fully saturated rings. The van der Waals surface area contributed by atoms with Gasteiger partial charge in [-0.2, -0.15) is 8.42 Å². The summed E-state index contributed by atoms with van der Waals surface area (Å²) in [5.74, 6) is -1.98. The van der Waals surface area contributed by atoms with E-state index in [4.69, 9.17) is 5.11 Å². The second kappa shape index (κ2) is 5.95. The number of carbonyl (C=O) groups excluding carboxylic acids is 1. The van der Waals surface area contributed by atoms with Gasteiger partial charge in [-0.3, -0.25) is 9.00 Å². The van der Waals surface area contributed by atoms with Gasteiger partial charge in [-0.1, -0.05) is 0 Å². The molecule has 1 aliphatic rings. The summed E-state index contributed by atoms with van der Waals surface area (Å²) in [7, 11) is -6.11. The molecule has 0 spiro atoms. The Kier molecular flexibility index (Phi) is 5.02. The summed E-state index contributed by atoms with van der Waals surface area (Å²) in [6.45, 7) is -0.481. The molecular weight excluding hydrogens is 301 g/mol. The lowest BCUT2D eigenvalue weighted by atomic mass is 10.2. The highest BCUT2D eigenvalue weighted by Crippen LogP contribution is 2.23. The smallest absolute Gasteiger partial charge is 0.326 e. The van der Waals surface area contributed by atoms with Gasteiger partial charge in [0.25, 0.3) is 0 Å². The molecule has 1 N–H and O–H groups in total. The highest BCUT2D eigenvalue weighted by molar-refractivity contribution is 7.87. The van der Waals surface area contributed by atoms with Crippen LogP contribution in [0.1, 0.15) is 12.8 Å². The third-order valence-electron chi connectivity index (χ3n) is 2.86. The molecular formula is C9H14FNO6S2. The van der Waals surface area contributed by atoms with E-state index in [1.165, 1.54) is 6.26 Å². The average Bonchev–Trinajstić information content (AvgIpc) is 2.60. The van der Waals surface area contributed by atoms with Gasteiger partial charge in [0.2, 0.25) is 5.91 Å². The first kappa shape index (κ1) is 16.0. The Morgan fingerprint density at radius 1 is 1.63 bits per heavy atom. The molecule has 10 heteroatoms. The van der Waals surface area contributed by atoms with Crippen molar-refractivity contribution in [3.8, 4) is 0 Å². The third kappa shape index (κ3) is 4.23. The zero-order valence-electron chi connectivity index (χ0n) is 10.1. The van der Waals surface area contributed by atoms with Crippen LogP contribution in [-0.4, -0.2) is 64.4 Å². The first-order chi connectivity index (χ1) is 8.62. The molecule has 1 aliphatic heterocycles. The fourth-order valence-electron chi connectivity index (χ4n) is 1.88. The molecule has 1 rings (SSSR count). The van der Waals surface area contributed by atoms with Gasteiger partial charge in [0, 0.05) is 35.8 Å². The Hall–Kier alpha value is -1.03. The van der Waals surface area contributed by atoms with E-state index in [1.54, 1.807) is 0 Å². The van der Waals surface area contributed by atoms with Crippen molar-refractivity contribution in [1.82, 2.24) is 4.90 Å². The summed E-state index contributed by atoms with van der Waals surface area (Å²) in [5, 5.41) is 7.50. The van der Waals surface area contributed by atoms with Gasteiger partial charge in [0.15, 0.2) is 0 Å². The Bertz CT molecular complexity index is 505. The Labute approximate surface area is 112 Å². The van der Waals surface area contributed by atoms with E-state index in [0.717, 1.165) is 4.90 Å². The molecule has 110 valence electrons. The van der Waals surface area contributed by atoms with Crippen molar-refractivity contribution in [2.75, 3.05) is 18.6 Å². The maximum atomic E-state index is 12.8. The molecule has 7 nitrogen and oxygen atoms in total. The fourth-order valence-corrected chi connectivity index (χ4v) is 3.11. The fraction of sp³-hybridized carbons (Fsp3) is 0.778. The van der Waals surface area contributed by atoms with Crippen molar-refractivity contribution in [2.45, 2.75) is 24.1 Å². The first-order valence-electron chi connectivity index (χ1n) is 5.38. The van der Waals surface area contributed by atoms with Gasteiger partial charge in [0.05, 0.1) is 0 Å². The number of carboxylic acid groups (broad SMARTS) is 1. The van der Waals surface area contributed by atoms with Crippen molar-refractivity contribution < 1.29 is 31.2 Å². The van der Waals surface area contributed by atoms with E-state index in [1.807, 2.05) is 0 Å². The normalized spacial score (nSPS) is 23.4. The monoisotopic (exact) mass is 315 g/mol. The van der Waals surface area contributed by atoms with Crippen LogP contribution in [0.25, 0.3) is 0 Å². The zero-order chi connectivity index (χ0) is 14.8. The van der Waals surface area contributed by atoms with Gasteiger partial charge in [-0.15, -0.1) is 3.89 Å². The minimum Gasteiger partial charge on any atom is -0.480 e. The number of carboxylic acids is 1. The molecule has 0 aromatic rings. The van der Waals surface area contributed by atoms with Crippen LogP contribution in [0, 0.1) is 0 Å². The van der Waals surface area contributed by atoms with Crippen molar-refractivity contribution in [3.63, 3.8) is 0 Å². The number of aliphatic carboxylic acids is 1. The molecule has 0 aromatic heterocycles. The first-order valence-corrected chi connectivity index (χ1v) is 8.56. The second-order valence-electron chi connectivity index (χ2n) is 4.27. The van der Waals surface area contributed by atoms with Crippen molar-refractivity contribution in [1.29, 1.82) is 0 Å². The molecule has 2 unspecified atom stereocenters. The molecule has 0 bridgehead atoms. The average molecular weight is 315 g/mol. The quantitative estimate of drug-likeness (QED) is 0.637. The largest absolute Gasteiger partial charge is 0.480 e. The summed E-state index contributed by atoms with van der Waals surface area (Å²) in [6.07, 6.45) is 0.764. The minimum atomic E-state index is -4.87.